The van der Waals surface area contributed by atoms with Crippen LogP contribution in [0.5, 0.6) is 11.5 Å². The fourth-order valence-corrected chi connectivity index (χ4v) is 3.79. The van der Waals surface area contributed by atoms with E-state index in [9.17, 15) is 0 Å². The lowest BCUT2D eigenvalue weighted by molar-refractivity contribution is -0.0201. The highest BCUT2D eigenvalue weighted by Gasteiger charge is 2.30. The summed E-state index contributed by atoms with van der Waals surface area (Å²) >= 11 is 0. The molecule has 2 aromatic rings. The molecule has 1 saturated heterocycles. The number of hydrogen-bond donors (Lipinski definition) is 1. The summed E-state index contributed by atoms with van der Waals surface area (Å²) in [7, 11) is 2.03. The van der Waals surface area contributed by atoms with Crippen LogP contribution in [0.1, 0.15) is 43.7 Å². The quantitative estimate of drug-likeness (QED) is 0.861. The summed E-state index contributed by atoms with van der Waals surface area (Å²) in [4.78, 5) is 4.50. The second-order valence-electron chi connectivity index (χ2n) is 7.23. The number of nitrogens with zero attached hydrogens (tertiary/aromatic N) is 2. The lowest BCUT2D eigenvalue weighted by atomic mass is 9.99. The number of ether oxygens (including phenoxy) is 3. The van der Waals surface area contributed by atoms with Crippen LogP contribution in [-0.2, 0) is 18.2 Å². The molecule has 3 heterocycles. The minimum Gasteiger partial charge on any atom is -0.454 e. The smallest absolute Gasteiger partial charge is 0.231 e. The van der Waals surface area contributed by atoms with Crippen molar-refractivity contribution in [2.45, 2.75) is 50.8 Å². The maximum Gasteiger partial charge on any atom is 0.231 e. The van der Waals surface area contributed by atoms with E-state index in [1.807, 2.05) is 25.5 Å². The number of fused-ring (bicyclic) bond motifs is 1. The molecular weight excluding hydrogens is 330 g/mol. The highest BCUT2D eigenvalue weighted by Crippen LogP contribution is 2.33. The van der Waals surface area contributed by atoms with Crippen molar-refractivity contribution in [3.8, 4) is 11.5 Å². The van der Waals surface area contributed by atoms with E-state index in [1.165, 1.54) is 5.56 Å². The first kappa shape index (κ1) is 17.4. The Bertz CT molecular complexity index is 746. The Labute approximate surface area is 154 Å². The van der Waals surface area contributed by atoms with E-state index in [4.69, 9.17) is 14.2 Å². The topological polar surface area (TPSA) is 57.5 Å². The molecule has 140 valence electrons. The van der Waals surface area contributed by atoms with Crippen LogP contribution in [0.3, 0.4) is 0 Å². The van der Waals surface area contributed by atoms with Gasteiger partial charge in [0.15, 0.2) is 11.5 Å². The number of imidazole rings is 1. The maximum absolute atomic E-state index is 6.05. The van der Waals surface area contributed by atoms with Gasteiger partial charge >= 0.3 is 0 Å². The molecule has 4 rings (SSSR count). The van der Waals surface area contributed by atoms with Gasteiger partial charge in [0.2, 0.25) is 6.79 Å². The van der Waals surface area contributed by atoms with E-state index in [2.05, 4.69) is 33.9 Å². The van der Waals surface area contributed by atoms with Crippen molar-refractivity contribution < 1.29 is 14.2 Å². The summed E-state index contributed by atoms with van der Waals surface area (Å²) in [6.07, 6.45) is 8.12. The van der Waals surface area contributed by atoms with E-state index >= 15 is 0 Å². The predicted octanol–water partition coefficient (Wildman–Crippen LogP) is 2.98. The molecule has 6 heteroatoms. The molecular formula is C20H27N3O3. The van der Waals surface area contributed by atoms with Crippen LogP contribution in [0.4, 0.5) is 0 Å². The maximum atomic E-state index is 6.05. The monoisotopic (exact) mass is 357 g/mol. The highest BCUT2D eigenvalue weighted by molar-refractivity contribution is 5.44. The van der Waals surface area contributed by atoms with Gasteiger partial charge in [0.05, 0.1) is 0 Å². The van der Waals surface area contributed by atoms with Crippen molar-refractivity contribution in [1.29, 1.82) is 0 Å². The van der Waals surface area contributed by atoms with Crippen LogP contribution in [0.2, 0.25) is 0 Å². The number of nitrogens with one attached hydrogen (secondary N) is 1. The Kier molecular flexibility index (Phi) is 5.13. The average Bonchev–Trinajstić information content (AvgIpc) is 3.28. The van der Waals surface area contributed by atoms with Crippen LogP contribution in [-0.4, -0.2) is 35.0 Å². The Morgan fingerprint density at radius 1 is 1.31 bits per heavy atom. The van der Waals surface area contributed by atoms with E-state index in [0.29, 0.717) is 18.9 Å². The van der Waals surface area contributed by atoms with Crippen molar-refractivity contribution in [1.82, 2.24) is 14.9 Å². The molecule has 2 aliphatic heterocycles. The zero-order chi connectivity index (χ0) is 17.9. The number of rotatable bonds is 6. The molecule has 0 spiro atoms. The predicted molar refractivity (Wildman–Crippen MR) is 98.4 cm³/mol. The van der Waals surface area contributed by atoms with Crippen molar-refractivity contribution >= 4 is 0 Å². The average molecular weight is 357 g/mol. The third kappa shape index (κ3) is 3.71. The van der Waals surface area contributed by atoms with Gasteiger partial charge in [0.1, 0.15) is 11.9 Å². The van der Waals surface area contributed by atoms with Gasteiger partial charge in [-0.2, -0.15) is 0 Å². The molecule has 2 aliphatic rings. The Morgan fingerprint density at radius 2 is 2.19 bits per heavy atom. The number of aromatic nitrogens is 2. The molecule has 1 unspecified atom stereocenters. The van der Waals surface area contributed by atoms with Gasteiger partial charge in [-0.15, -0.1) is 0 Å². The fourth-order valence-electron chi connectivity index (χ4n) is 3.79. The summed E-state index contributed by atoms with van der Waals surface area (Å²) in [6, 6.07) is 6.92. The lowest BCUT2D eigenvalue weighted by Gasteiger charge is -2.34. The first-order valence-corrected chi connectivity index (χ1v) is 9.44. The molecule has 1 N–H and O–H groups in total. The third-order valence-corrected chi connectivity index (χ3v) is 5.24. The molecule has 1 fully saturated rings. The number of hydrogen-bond acceptors (Lipinski definition) is 5. The molecule has 0 aliphatic carbocycles. The molecule has 1 aromatic heterocycles. The zero-order valence-electron chi connectivity index (χ0n) is 15.5. The molecule has 0 bridgehead atoms. The Hall–Kier alpha value is -2.05. The standard InChI is InChI=1S/C20H27N3O3/c1-14(5-6-15-7-8-17-18(12-15)26-13-25-17)22-16-4-3-11-24-19(16)20-21-9-10-23(20)2/h7-10,12,14,16,19,22H,3-6,11,13H2,1-2H3/t14?,16-,19-/m1/s1. The molecule has 0 radical (unpaired) electrons. The zero-order valence-corrected chi connectivity index (χ0v) is 15.5. The van der Waals surface area contributed by atoms with Crippen LogP contribution >= 0.6 is 0 Å². The van der Waals surface area contributed by atoms with Crippen molar-refractivity contribution in [2.24, 2.45) is 7.05 Å². The second kappa shape index (κ2) is 7.68. The largest absolute Gasteiger partial charge is 0.454 e. The third-order valence-electron chi connectivity index (χ3n) is 5.24. The van der Waals surface area contributed by atoms with Gasteiger partial charge < -0.3 is 24.1 Å². The van der Waals surface area contributed by atoms with Crippen molar-refractivity contribution in [3.05, 3.63) is 42.0 Å². The normalized spacial score (nSPS) is 23.2. The fraction of sp³-hybridized carbons (Fsp3) is 0.550. The van der Waals surface area contributed by atoms with Crippen LogP contribution in [0.15, 0.2) is 30.6 Å². The Morgan fingerprint density at radius 3 is 3.04 bits per heavy atom. The molecule has 0 amide bonds. The SMILES string of the molecule is CC(CCc1ccc2c(c1)OCO2)N[C@@H]1CCCO[C@H]1c1nccn1C. The van der Waals surface area contributed by atoms with Gasteiger partial charge in [-0.3, -0.25) is 0 Å². The first-order chi connectivity index (χ1) is 12.7. The van der Waals surface area contributed by atoms with Gasteiger partial charge in [-0.05, 0) is 50.3 Å². The number of benzene rings is 1. The minimum atomic E-state index is 0.0248. The Balaban J connectivity index is 1.34. The van der Waals surface area contributed by atoms with Gasteiger partial charge in [-0.25, -0.2) is 4.98 Å². The summed E-state index contributed by atoms with van der Waals surface area (Å²) in [5.41, 5.74) is 1.28. The van der Waals surface area contributed by atoms with E-state index in [0.717, 1.165) is 49.6 Å². The van der Waals surface area contributed by atoms with E-state index in [1.54, 1.807) is 0 Å². The minimum absolute atomic E-state index is 0.0248. The summed E-state index contributed by atoms with van der Waals surface area (Å²) in [5.74, 6) is 2.71. The van der Waals surface area contributed by atoms with Crippen LogP contribution in [0.25, 0.3) is 0 Å². The van der Waals surface area contributed by atoms with Gasteiger partial charge in [-0.1, -0.05) is 6.07 Å². The van der Waals surface area contributed by atoms with Gasteiger partial charge in [0.25, 0.3) is 0 Å². The van der Waals surface area contributed by atoms with Crippen LogP contribution in [0, 0.1) is 0 Å². The molecule has 0 saturated carbocycles. The number of aryl methyl sites for hydroxylation is 2. The van der Waals surface area contributed by atoms with Crippen molar-refractivity contribution in [3.63, 3.8) is 0 Å². The van der Waals surface area contributed by atoms with E-state index in [-0.39, 0.29) is 6.10 Å². The lowest BCUT2D eigenvalue weighted by Crippen LogP contribution is -2.44. The van der Waals surface area contributed by atoms with E-state index < -0.39 is 0 Å². The first-order valence-electron chi connectivity index (χ1n) is 9.44. The molecule has 6 nitrogen and oxygen atoms in total. The highest BCUT2D eigenvalue weighted by atomic mass is 16.7. The van der Waals surface area contributed by atoms with Gasteiger partial charge in [0, 0.05) is 38.1 Å². The molecule has 3 atom stereocenters. The van der Waals surface area contributed by atoms with Crippen LogP contribution < -0.4 is 14.8 Å². The molecule has 26 heavy (non-hydrogen) atoms. The second-order valence-corrected chi connectivity index (χ2v) is 7.23. The summed E-state index contributed by atoms with van der Waals surface area (Å²) < 4.78 is 19.0. The molecule has 1 aromatic carbocycles. The summed E-state index contributed by atoms with van der Waals surface area (Å²) in [5, 5.41) is 3.77. The summed E-state index contributed by atoms with van der Waals surface area (Å²) in [6.45, 7) is 3.38. The van der Waals surface area contributed by atoms with Crippen molar-refractivity contribution in [2.75, 3.05) is 13.4 Å².